The zero-order chi connectivity index (χ0) is 11.5. The third-order valence-electron chi connectivity index (χ3n) is 3.42. The van der Waals surface area contributed by atoms with Crippen molar-refractivity contribution in [3.8, 4) is 0 Å². The third kappa shape index (κ3) is 2.54. The molecular weight excluding hydrogens is 264 g/mol. The number of carbonyl (C=O) groups is 1. The summed E-state index contributed by atoms with van der Waals surface area (Å²) in [5.74, 6) is 0.615. The van der Waals surface area contributed by atoms with Gasteiger partial charge in [0, 0.05) is 16.0 Å². The maximum Gasteiger partial charge on any atom is 0.165 e. The molecule has 0 heterocycles. The van der Waals surface area contributed by atoms with Crippen molar-refractivity contribution in [2.45, 2.75) is 39.0 Å². The van der Waals surface area contributed by atoms with Gasteiger partial charge in [0.2, 0.25) is 0 Å². The summed E-state index contributed by atoms with van der Waals surface area (Å²) in [6.07, 6.45) is 5.88. The van der Waals surface area contributed by atoms with E-state index in [1.54, 1.807) is 0 Å². The highest BCUT2D eigenvalue weighted by Crippen LogP contribution is 2.28. The molecule has 0 aliphatic heterocycles. The number of benzene rings is 1. The van der Waals surface area contributed by atoms with Gasteiger partial charge < -0.3 is 0 Å². The number of aryl methyl sites for hydroxylation is 1. The van der Waals surface area contributed by atoms with E-state index in [2.05, 4.69) is 15.9 Å². The largest absolute Gasteiger partial charge is 0.294 e. The maximum atomic E-state index is 12.2. The van der Waals surface area contributed by atoms with Gasteiger partial charge in [0.1, 0.15) is 0 Å². The fourth-order valence-electron chi connectivity index (χ4n) is 2.40. The first kappa shape index (κ1) is 11.8. The highest BCUT2D eigenvalue weighted by molar-refractivity contribution is 9.10. The van der Waals surface area contributed by atoms with Crippen molar-refractivity contribution in [3.05, 3.63) is 33.8 Å². The highest BCUT2D eigenvalue weighted by atomic mass is 79.9. The van der Waals surface area contributed by atoms with E-state index < -0.39 is 0 Å². The predicted molar refractivity (Wildman–Crippen MR) is 69.8 cm³/mol. The number of carbonyl (C=O) groups excluding carboxylic acids is 1. The minimum atomic E-state index is 0.273. The van der Waals surface area contributed by atoms with Crippen molar-refractivity contribution in [1.82, 2.24) is 0 Å². The lowest BCUT2D eigenvalue weighted by molar-refractivity contribution is 0.0889. The van der Waals surface area contributed by atoms with Crippen LogP contribution < -0.4 is 0 Å². The molecule has 0 atom stereocenters. The summed E-state index contributed by atoms with van der Waals surface area (Å²) in [7, 11) is 0. The van der Waals surface area contributed by atoms with Crippen LogP contribution in [0.15, 0.2) is 22.7 Å². The Morgan fingerprint density at radius 3 is 2.56 bits per heavy atom. The molecule has 0 radical (unpaired) electrons. The number of hydrogen-bond donors (Lipinski definition) is 0. The maximum absolute atomic E-state index is 12.2. The molecule has 1 fully saturated rings. The molecule has 0 saturated heterocycles. The van der Waals surface area contributed by atoms with E-state index in [0.29, 0.717) is 5.78 Å². The molecule has 0 N–H and O–H groups in total. The summed E-state index contributed by atoms with van der Waals surface area (Å²) in [5, 5.41) is 0. The zero-order valence-electron chi connectivity index (χ0n) is 9.63. The van der Waals surface area contributed by atoms with Crippen molar-refractivity contribution in [3.63, 3.8) is 0 Å². The van der Waals surface area contributed by atoms with Crippen molar-refractivity contribution in [2.75, 3.05) is 0 Å². The normalized spacial score (nSPS) is 17.4. The summed E-state index contributed by atoms with van der Waals surface area (Å²) in [5.41, 5.74) is 2.02. The molecule has 0 spiro atoms. The third-order valence-corrected chi connectivity index (χ3v) is 4.31. The van der Waals surface area contributed by atoms with Crippen LogP contribution in [0.4, 0.5) is 0 Å². The van der Waals surface area contributed by atoms with E-state index in [0.717, 1.165) is 28.4 Å². The summed E-state index contributed by atoms with van der Waals surface area (Å²) in [6.45, 7) is 2.03. The Hall–Kier alpha value is -0.630. The van der Waals surface area contributed by atoms with Gasteiger partial charge in [0.25, 0.3) is 0 Å². The van der Waals surface area contributed by atoms with Gasteiger partial charge in [0.15, 0.2) is 5.78 Å². The fraction of sp³-hybridized carbons (Fsp3) is 0.500. The van der Waals surface area contributed by atoms with Crippen LogP contribution in [0.5, 0.6) is 0 Å². The minimum absolute atomic E-state index is 0.273. The zero-order valence-corrected chi connectivity index (χ0v) is 11.2. The molecule has 0 unspecified atom stereocenters. The SMILES string of the molecule is Cc1cc(C(=O)C2CCCCC2)ccc1Br. The molecule has 1 aromatic rings. The Bertz CT molecular complexity index is 392. The Kier molecular flexibility index (Phi) is 3.80. The summed E-state index contributed by atoms with van der Waals surface area (Å²) in [6, 6.07) is 5.92. The van der Waals surface area contributed by atoms with Gasteiger partial charge in [-0.25, -0.2) is 0 Å². The molecule has 0 amide bonds. The van der Waals surface area contributed by atoms with Crippen LogP contribution in [0.2, 0.25) is 0 Å². The molecule has 0 aromatic heterocycles. The number of rotatable bonds is 2. The van der Waals surface area contributed by atoms with E-state index in [1.165, 1.54) is 19.3 Å². The molecule has 1 saturated carbocycles. The lowest BCUT2D eigenvalue weighted by atomic mass is 9.84. The second kappa shape index (κ2) is 5.13. The predicted octanol–water partition coefficient (Wildman–Crippen LogP) is 4.52. The molecular formula is C14H17BrO. The molecule has 1 aromatic carbocycles. The number of halogens is 1. The molecule has 86 valence electrons. The number of Topliss-reactive ketones (excluding diaryl/α,β-unsaturated/α-hetero) is 1. The molecule has 1 nitrogen and oxygen atoms in total. The van der Waals surface area contributed by atoms with Crippen LogP contribution >= 0.6 is 15.9 Å². The van der Waals surface area contributed by atoms with Crippen LogP contribution in [0.1, 0.15) is 48.0 Å². The van der Waals surface area contributed by atoms with Crippen molar-refractivity contribution >= 4 is 21.7 Å². The van der Waals surface area contributed by atoms with Crippen molar-refractivity contribution < 1.29 is 4.79 Å². The second-order valence-electron chi connectivity index (χ2n) is 4.66. The van der Waals surface area contributed by atoms with Crippen molar-refractivity contribution in [1.29, 1.82) is 0 Å². The fourth-order valence-corrected chi connectivity index (χ4v) is 2.65. The Balaban J connectivity index is 2.16. The number of hydrogen-bond acceptors (Lipinski definition) is 1. The van der Waals surface area contributed by atoms with Gasteiger partial charge in [-0.3, -0.25) is 4.79 Å². The molecule has 1 aliphatic carbocycles. The van der Waals surface area contributed by atoms with E-state index in [4.69, 9.17) is 0 Å². The Morgan fingerprint density at radius 2 is 1.94 bits per heavy atom. The number of ketones is 1. The van der Waals surface area contributed by atoms with Crippen LogP contribution in [0, 0.1) is 12.8 Å². The molecule has 2 rings (SSSR count). The smallest absolute Gasteiger partial charge is 0.165 e. The molecule has 2 heteroatoms. The van der Waals surface area contributed by atoms with Crippen LogP contribution in [-0.4, -0.2) is 5.78 Å². The average molecular weight is 281 g/mol. The van der Waals surface area contributed by atoms with E-state index >= 15 is 0 Å². The first-order valence-corrected chi connectivity index (χ1v) is 6.78. The average Bonchev–Trinajstić information content (AvgIpc) is 2.33. The first-order chi connectivity index (χ1) is 7.68. The van der Waals surface area contributed by atoms with Gasteiger partial charge in [-0.2, -0.15) is 0 Å². The van der Waals surface area contributed by atoms with Crippen LogP contribution in [0.25, 0.3) is 0 Å². The molecule has 0 bridgehead atoms. The van der Waals surface area contributed by atoms with Gasteiger partial charge in [-0.05, 0) is 37.5 Å². The first-order valence-electron chi connectivity index (χ1n) is 5.99. The summed E-state index contributed by atoms with van der Waals surface area (Å²) >= 11 is 3.46. The second-order valence-corrected chi connectivity index (χ2v) is 5.52. The lowest BCUT2D eigenvalue weighted by Crippen LogP contribution is -2.17. The van der Waals surface area contributed by atoms with E-state index in [9.17, 15) is 4.79 Å². The quantitative estimate of drug-likeness (QED) is 0.728. The van der Waals surface area contributed by atoms with Gasteiger partial charge >= 0.3 is 0 Å². The van der Waals surface area contributed by atoms with Crippen LogP contribution in [0.3, 0.4) is 0 Å². The molecule has 1 aliphatic rings. The minimum Gasteiger partial charge on any atom is -0.294 e. The van der Waals surface area contributed by atoms with E-state index in [-0.39, 0.29) is 5.92 Å². The Morgan fingerprint density at radius 1 is 1.25 bits per heavy atom. The summed E-state index contributed by atoms with van der Waals surface area (Å²) < 4.78 is 1.08. The summed E-state index contributed by atoms with van der Waals surface area (Å²) in [4.78, 5) is 12.2. The van der Waals surface area contributed by atoms with Gasteiger partial charge in [0.05, 0.1) is 0 Å². The monoisotopic (exact) mass is 280 g/mol. The standard InChI is InChI=1S/C14H17BrO/c1-10-9-12(7-8-13(10)15)14(16)11-5-3-2-4-6-11/h7-9,11H,2-6H2,1H3. The van der Waals surface area contributed by atoms with Crippen LogP contribution in [-0.2, 0) is 0 Å². The van der Waals surface area contributed by atoms with Crippen molar-refractivity contribution in [2.24, 2.45) is 5.92 Å². The van der Waals surface area contributed by atoms with Gasteiger partial charge in [-0.15, -0.1) is 0 Å². The van der Waals surface area contributed by atoms with Gasteiger partial charge in [-0.1, -0.05) is 41.3 Å². The highest BCUT2D eigenvalue weighted by Gasteiger charge is 2.22. The van der Waals surface area contributed by atoms with E-state index in [1.807, 2.05) is 25.1 Å². The Labute approximate surface area is 105 Å². The molecule has 16 heavy (non-hydrogen) atoms. The lowest BCUT2D eigenvalue weighted by Gasteiger charge is -2.20. The topological polar surface area (TPSA) is 17.1 Å².